The molecule has 1 aliphatic heterocycles. The highest BCUT2D eigenvalue weighted by molar-refractivity contribution is 6.30. The van der Waals surface area contributed by atoms with Gasteiger partial charge in [-0.3, -0.25) is 14.3 Å². The van der Waals surface area contributed by atoms with E-state index in [1.165, 1.54) is 16.8 Å². The summed E-state index contributed by atoms with van der Waals surface area (Å²) in [6.45, 7) is 2.91. The first-order valence-corrected chi connectivity index (χ1v) is 11.3. The van der Waals surface area contributed by atoms with E-state index < -0.39 is 18.5 Å². The van der Waals surface area contributed by atoms with E-state index in [1.54, 1.807) is 36.1 Å². The number of nitrogens with zero attached hydrogens (tertiary/aromatic N) is 3. The minimum absolute atomic E-state index is 0.0303. The number of halogens is 4. The van der Waals surface area contributed by atoms with E-state index in [2.05, 4.69) is 5.10 Å². The summed E-state index contributed by atoms with van der Waals surface area (Å²) in [6, 6.07) is 9.72. The lowest BCUT2D eigenvalue weighted by Crippen LogP contribution is -2.39. The van der Waals surface area contributed by atoms with Gasteiger partial charge in [0.2, 0.25) is 5.91 Å². The quantitative estimate of drug-likeness (QED) is 0.558. The van der Waals surface area contributed by atoms with Crippen LogP contribution in [0.4, 0.5) is 13.2 Å². The van der Waals surface area contributed by atoms with Crippen molar-refractivity contribution in [3.8, 4) is 0 Å². The Kier molecular flexibility index (Phi) is 6.58. The monoisotopic (exact) mass is 492 g/mol. The molecule has 2 N–H and O–H groups in total. The number of amides is 2. The molecule has 1 fully saturated rings. The lowest BCUT2D eigenvalue weighted by molar-refractivity contribution is -0.128. The Hall–Kier alpha value is -3.07. The van der Waals surface area contributed by atoms with Gasteiger partial charge in [-0.05, 0) is 67.6 Å². The molecule has 4 rings (SSSR count). The molecule has 1 aliphatic rings. The van der Waals surface area contributed by atoms with Crippen LogP contribution in [0.3, 0.4) is 0 Å². The van der Waals surface area contributed by atoms with Crippen LogP contribution in [0, 0.1) is 12.8 Å². The van der Waals surface area contributed by atoms with Crippen molar-refractivity contribution in [3.05, 3.63) is 63.8 Å². The van der Waals surface area contributed by atoms with E-state index >= 15 is 0 Å². The molecule has 6 nitrogen and oxygen atoms in total. The molecule has 0 aliphatic carbocycles. The third-order valence-electron chi connectivity index (χ3n) is 6.33. The van der Waals surface area contributed by atoms with Gasteiger partial charge in [0.05, 0.1) is 17.6 Å². The van der Waals surface area contributed by atoms with Crippen molar-refractivity contribution < 1.29 is 22.8 Å². The van der Waals surface area contributed by atoms with E-state index in [0.717, 1.165) is 0 Å². The number of benzene rings is 2. The van der Waals surface area contributed by atoms with E-state index in [9.17, 15) is 22.8 Å². The first-order valence-electron chi connectivity index (χ1n) is 10.9. The van der Waals surface area contributed by atoms with Crippen LogP contribution in [-0.4, -0.2) is 45.8 Å². The number of hydrogen-bond acceptors (Lipinski definition) is 3. The highest BCUT2D eigenvalue weighted by Crippen LogP contribution is 2.32. The summed E-state index contributed by atoms with van der Waals surface area (Å²) in [6.07, 6.45) is -4.30. The smallest absolute Gasteiger partial charge is 0.366 e. The fourth-order valence-corrected chi connectivity index (χ4v) is 4.72. The molecule has 0 bridgehead atoms. The van der Waals surface area contributed by atoms with Crippen LogP contribution in [0.2, 0.25) is 5.02 Å². The van der Waals surface area contributed by atoms with Crippen LogP contribution in [0.5, 0.6) is 0 Å². The molecule has 0 radical (unpaired) electrons. The average Bonchev–Trinajstić information content (AvgIpc) is 3.10. The number of piperidine rings is 1. The first-order chi connectivity index (χ1) is 16.0. The van der Waals surface area contributed by atoms with Crippen molar-refractivity contribution in [2.45, 2.75) is 38.9 Å². The Labute approximate surface area is 199 Å². The summed E-state index contributed by atoms with van der Waals surface area (Å²) in [5.41, 5.74) is 6.97. The zero-order valence-electron chi connectivity index (χ0n) is 18.5. The van der Waals surface area contributed by atoms with Gasteiger partial charge in [0.1, 0.15) is 0 Å². The lowest BCUT2D eigenvalue weighted by Gasteiger charge is -2.32. The Morgan fingerprint density at radius 1 is 1.12 bits per heavy atom. The number of likely N-dealkylation sites (tertiary alicyclic amines) is 1. The van der Waals surface area contributed by atoms with E-state index in [4.69, 9.17) is 17.3 Å². The predicted molar refractivity (Wildman–Crippen MR) is 123 cm³/mol. The van der Waals surface area contributed by atoms with Gasteiger partial charge in [-0.1, -0.05) is 11.6 Å². The summed E-state index contributed by atoms with van der Waals surface area (Å²) in [5, 5.41) is 5.31. The maximum Gasteiger partial charge on any atom is 0.394 e. The Morgan fingerprint density at radius 2 is 1.76 bits per heavy atom. The number of rotatable bonds is 5. The molecule has 0 saturated carbocycles. The average molecular weight is 493 g/mol. The molecule has 1 aromatic heterocycles. The number of aryl methyl sites for hydroxylation is 1. The first kappa shape index (κ1) is 24.1. The molecule has 0 unspecified atom stereocenters. The summed E-state index contributed by atoms with van der Waals surface area (Å²) in [5.74, 6) is -0.721. The van der Waals surface area contributed by atoms with Gasteiger partial charge in [-0.15, -0.1) is 0 Å². The van der Waals surface area contributed by atoms with Crippen LogP contribution in [0.15, 0.2) is 36.4 Å². The summed E-state index contributed by atoms with van der Waals surface area (Å²) in [4.78, 5) is 26.2. The van der Waals surface area contributed by atoms with Crippen LogP contribution in [0.25, 0.3) is 10.9 Å². The third kappa shape index (κ3) is 5.04. The van der Waals surface area contributed by atoms with Crippen molar-refractivity contribution >= 4 is 34.3 Å². The molecule has 0 spiro atoms. The highest BCUT2D eigenvalue weighted by Gasteiger charge is 2.33. The van der Waals surface area contributed by atoms with Gasteiger partial charge in [0.15, 0.2) is 0 Å². The van der Waals surface area contributed by atoms with Crippen LogP contribution in [0.1, 0.15) is 44.8 Å². The number of nitrogens with two attached hydrogens (primary N) is 1. The van der Waals surface area contributed by atoms with Crippen LogP contribution in [-0.2, 0) is 13.0 Å². The number of primary amides is 1. The van der Waals surface area contributed by atoms with Crippen molar-refractivity contribution in [1.29, 1.82) is 0 Å². The Balaban J connectivity index is 1.54. The normalized spacial score (nSPS) is 15.1. The second-order valence-corrected chi connectivity index (χ2v) is 9.10. The number of aromatic nitrogens is 2. The van der Waals surface area contributed by atoms with Gasteiger partial charge < -0.3 is 10.6 Å². The molecule has 2 heterocycles. The van der Waals surface area contributed by atoms with E-state index in [0.29, 0.717) is 59.5 Å². The van der Waals surface area contributed by atoms with Gasteiger partial charge in [-0.2, -0.15) is 18.3 Å². The molecule has 2 aromatic carbocycles. The molecule has 180 valence electrons. The predicted octanol–water partition coefficient (Wildman–Crippen LogP) is 4.75. The second kappa shape index (κ2) is 9.29. The third-order valence-corrected chi connectivity index (χ3v) is 6.58. The summed E-state index contributed by atoms with van der Waals surface area (Å²) in [7, 11) is 0. The largest absolute Gasteiger partial charge is 0.394 e. The molecule has 2 amide bonds. The number of hydrogen-bond donors (Lipinski definition) is 1. The number of alkyl halides is 3. The Bertz CT molecular complexity index is 1230. The molecule has 10 heteroatoms. The minimum Gasteiger partial charge on any atom is -0.366 e. The number of fused-ring (bicyclic) bond motifs is 1. The van der Waals surface area contributed by atoms with E-state index in [1.807, 2.05) is 0 Å². The summed E-state index contributed by atoms with van der Waals surface area (Å²) < 4.78 is 41.7. The fourth-order valence-electron chi connectivity index (χ4n) is 4.59. The van der Waals surface area contributed by atoms with Crippen molar-refractivity contribution in [2.24, 2.45) is 11.7 Å². The highest BCUT2D eigenvalue weighted by atomic mass is 35.5. The van der Waals surface area contributed by atoms with Crippen LogP contribution < -0.4 is 5.73 Å². The van der Waals surface area contributed by atoms with E-state index in [-0.39, 0.29) is 23.1 Å². The molecule has 0 atom stereocenters. The molecule has 1 saturated heterocycles. The Morgan fingerprint density at radius 3 is 2.35 bits per heavy atom. The zero-order valence-corrected chi connectivity index (χ0v) is 19.3. The number of carbonyl (C=O) groups excluding carboxylic acids is 2. The number of carbonyl (C=O) groups is 2. The van der Waals surface area contributed by atoms with Gasteiger partial charge in [0, 0.05) is 41.2 Å². The topological polar surface area (TPSA) is 81.2 Å². The summed E-state index contributed by atoms with van der Waals surface area (Å²) >= 11 is 5.89. The lowest BCUT2D eigenvalue weighted by atomic mass is 9.96. The standard InChI is InChI=1S/C24H24ClF3N4O2/c1-14-18(22(29)33)6-7-19-21(14)20(12-24(26,27)28)32(30-19)13-15-8-10-31(11-9-15)23(34)16-2-4-17(25)5-3-16/h2-7,15H,8-13H2,1H3,(H2,29,33). The van der Waals surface area contributed by atoms with Crippen molar-refractivity contribution in [1.82, 2.24) is 14.7 Å². The maximum atomic E-state index is 13.4. The molecule has 34 heavy (non-hydrogen) atoms. The maximum absolute atomic E-state index is 13.4. The molecule has 3 aromatic rings. The molecular weight excluding hydrogens is 469 g/mol. The SMILES string of the molecule is Cc1c(C(N)=O)ccc2nn(CC3CCN(C(=O)c4ccc(Cl)cc4)CC3)c(CC(F)(F)F)c12. The zero-order chi connectivity index (χ0) is 24.6. The van der Waals surface area contributed by atoms with Gasteiger partial charge in [0.25, 0.3) is 5.91 Å². The fraction of sp³-hybridized carbons (Fsp3) is 0.375. The second-order valence-electron chi connectivity index (χ2n) is 8.66. The molecular formula is C24H24ClF3N4O2. The minimum atomic E-state index is -4.44. The van der Waals surface area contributed by atoms with Crippen molar-refractivity contribution in [2.75, 3.05) is 13.1 Å². The van der Waals surface area contributed by atoms with Crippen LogP contribution >= 0.6 is 11.6 Å². The van der Waals surface area contributed by atoms with Gasteiger partial charge in [-0.25, -0.2) is 0 Å². The van der Waals surface area contributed by atoms with Gasteiger partial charge >= 0.3 is 6.18 Å². The van der Waals surface area contributed by atoms with Crippen molar-refractivity contribution in [3.63, 3.8) is 0 Å².